The molecule has 0 amide bonds. The summed E-state index contributed by atoms with van der Waals surface area (Å²) in [6.07, 6.45) is 1.84. The van der Waals surface area contributed by atoms with Crippen molar-refractivity contribution in [2.24, 2.45) is 17.8 Å². The minimum atomic E-state index is -4.67. The Hall–Kier alpha value is -1.49. The molecule has 0 aromatic rings. The SMILES string of the molecule is CC(C)C1=CCOC1=O.CCOC(=O)C(C(C)C)C(O)CC.O=S(=O)(O)O. The molecular weight excluding hydrogens is 380 g/mol. The molecule has 0 radical (unpaired) electrons. The molecule has 0 saturated carbocycles. The van der Waals surface area contributed by atoms with E-state index < -0.39 is 16.5 Å². The van der Waals surface area contributed by atoms with Crippen LogP contribution in [0.2, 0.25) is 0 Å². The summed E-state index contributed by atoms with van der Waals surface area (Å²) >= 11 is 0. The van der Waals surface area contributed by atoms with Crippen molar-refractivity contribution in [3.63, 3.8) is 0 Å². The molecule has 1 rings (SSSR count). The van der Waals surface area contributed by atoms with Gasteiger partial charge >= 0.3 is 22.3 Å². The van der Waals surface area contributed by atoms with E-state index in [0.29, 0.717) is 25.6 Å². The smallest absolute Gasteiger partial charge is 0.394 e. The lowest BCUT2D eigenvalue weighted by atomic mass is 9.89. The molecule has 0 bridgehead atoms. The van der Waals surface area contributed by atoms with Crippen molar-refractivity contribution in [3.8, 4) is 0 Å². The molecule has 0 spiro atoms. The van der Waals surface area contributed by atoms with E-state index in [1.54, 1.807) is 6.92 Å². The zero-order valence-electron chi connectivity index (χ0n) is 16.7. The highest BCUT2D eigenvalue weighted by molar-refractivity contribution is 7.79. The van der Waals surface area contributed by atoms with Gasteiger partial charge in [-0.15, -0.1) is 0 Å². The van der Waals surface area contributed by atoms with Crippen LogP contribution in [0.25, 0.3) is 0 Å². The number of ether oxygens (including phenoxy) is 2. The third-order valence-electron chi connectivity index (χ3n) is 3.49. The highest BCUT2D eigenvalue weighted by atomic mass is 32.3. The van der Waals surface area contributed by atoms with Crippen LogP contribution in [0, 0.1) is 17.8 Å². The highest BCUT2D eigenvalue weighted by Crippen LogP contribution is 2.19. The summed E-state index contributed by atoms with van der Waals surface area (Å²) in [5.74, 6) is -0.393. The van der Waals surface area contributed by atoms with Gasteiger partial charge in [0.05, 0.1) is 18.6 Å². The van der Waals surface area contributed by atoms with Gasteiger partial charge in [-0.1, -0.05) is 34.6 Å². The Morgan fingerprint density at radius 1 is 1.22 bits per heavy atom. The topological polar surface area (TPSA) is 147 Å². The van der Waals surface area contributed by atoms with Crippen molar-refractivity contribution in [2.75, 3.05) is 13.2 Å². The zero-order chi connectivity index (χ0) is 21.8. The van der Waals surface area contributed by atoms with E-state index in [-0.39, 0.29) is 23.8 Å². The summed E-state index contributed by atoms with van der Waals surface area (Å²) in [6, 6.07) is 0. The lowest BCUT2D eigenvalue weighted by molar-refractivity contribution is -0.154. The zero-order valence-corrected chi connectivity index (χ0v) is 17.5. The maximum Gasteiger partial charge on any atom is 0.394 e. The Morgan fingerprint density at radius 3 is 1.93 bits per heavy atom. The molecule has 9 nitrogen and oxygen atoms in total. The largest absolute Gasteiger partial charge is 0.466 e. The molecular formula is C17H32O9S. The number of hydrogen-bond acceptors (Lipinski definition) is 7. The fraction of sp³-hybridized carbons (Fsp3) is 0.765. The van der Waals surface area contributed by atoms with Crippen molar-refractivity contribution >= 4 is 22.3 Å². The highest BCUT2D eigenvalue weighted by Gasteiger charge is 2.29. The van der Waals surface area contributed by atoms with Gasteiger partial charge in [0.1, 0.15) is 6.61 Å². The number of carbonyl (C=O) groups is 2. The standard InChI is InChI=1S/C10H20O3.C7H10O2.H2O4S/c1-5-8(11)9(7(3)4)10(12)13-6-2;1-5(2)6-3-4-9-7(6)8;1-5(2,3)4/h7-9,11H,5-6H2,1-4H3;3,5H,4H2,1-2H3;(H2,1,2,3,4). The molecule has 1 aliphatic heterocycles. The number of hydrogen-bond donors (Lipinski definition) is 3. The Kier molecular flexibility index (Phi) is 14.0. The van der Waals surface area contributed by atoms with Crippen molar-refractivity contribution in [3.05, 3.63) is 11.6 Å². The first-order valence-corrected chi connectivity index (χ1v) is 10.1. The third kappa shape index (κ3) is 14.3. The van der Waals surface area contributed by atoms with Crippen LogP contribution in [0.3, 0.4) is 0 Å². The molecule has 0 saturated heterocycles. The van der Waals surface area contributed by atoms with Crippen LogP contribution in [-0.4, -0.2) is 53.9 Å². The van der Waals surface area contributed by atoms with E-state index in [9.17, 15) is 14.7 Å². The predicted octanol–water partition coefficient (Wildman–Crippen LogP) is 2.07. The number of rotatable bonds is 6. The molecule has 27 heavy (non-hydrogen) atoms. The van der Waals surface area contributed by atoms with Crippen LogP contribution in [-0.2, 0) is 29.5 Å². The molecule has 10 heteroatoms. The monoisotopic (exact) mass is 412 g/mol. The van der Waals surface area contributed by atoms with Gasteiger partial charge in [0, 0.05) is 5.57 Å². The van der Waals surface area contributed by atoms with E-state index in [0.717, 1.165) is 5.57 Å². The number of esters is 2. The number of aliphatic hydroxyl groups excluding tert-OH is 1. The molecule has 1 aliphatic rings. The van der Waals surface area contributed by atoms with Crippen LogP contribution >= 0.6 is 0 Å². The van der Waals surface area contributed by atoms with Crippen LogP contribution in [0.15, 0.2) is 11.6 Å². The first-order chi connectivity index (χ1) is 12.3. The summed E-state index contributed by atoms with van der Waals surface area (Å²) in [5, 5.41) is 9.58. The second-order valence-electron chi connectivity index (χ2n) is 6.36. The lowest BCUT2D eigenvalue weighted by Crippen LogP contribution is -2.33. The molecule has 1 heterocycles. The number of aliphatic hydroxyl groups is 1. The van der Waals surface area contributed by atoms with E-state index >= 15 is 0 Å². The molecule has 0 aliphatic carbocycles. The summed E-state index contributed by atoms with van der Waals surface area (Å²) in [7, 11) is -4.67. The normalized spacial score (nSPS) is 15.7. The maximum absolute atomic E-state index is 11.4. The Bertz CT molecular complexity index is 571. The van der Waals surface area contributed by atoms with Crippen molar-refractivity contribution in [2.45, 2.75) is 54.1 Å². The fourth-order valence-electron chi connectivity index (χ4n) is 2.21. The summed E-state index contributed by atoms with van der Waals surface area (Å²) < 4.78 is 41.2. The molecule has 160 valence electrons. The summed E-state index contributed by atoms with van der Waals surface area (Å²) in [6.45, 7) is 12.3. The van der Waals surface area contributed by atoms with Gasteiger partial charge in [-0.25, -0.2) is 4.79 Å². The van der Waals surface area contributed by atoms with Gasteiger partial charge in [-0.3, -0.25) is 13.9 Å². The van der Waals surface area contributed by atoms with Gasteiger partial charge in [0.2, 0.25) is 0 Å². The van der Waals surface area contributed by atoms with Crippen LogP contribution in [0.1, 0.15) is 48.0 Å². The van der Waals surface area contributed by atoms with E-state index in [2.05, 4.69) is 0 Å². The second kappa shape index (κ2) is 13.6. The Morgan fingerprint density at radius 2 is 1.70 bits per heavy atom. The van der Waals surface area contributed by atoms with E-state index in [1.807, 2.05) is 40.7 Å². The maximum atomic E-state index is 11.4. The average Bonchev–Trinajstić information content (AvgIpc) is 2.92. The Labute approximate surface area is 161 Å². The number of cyclic esters (lactones) is 1. The van der Waals surface area contributed by atoms with Crippen LogP contribution < -0.4 is 0 Å². The molecule has 3 N–H and O–H groups in total. The van der Waals surface area contributed by atoms with Gasteiger partial charge in [0.15, 0.2) is 0 Å². The number of carbonyl (C=O) groups excluding carboxylic acids is 2. The minimum Gasteiger partial charge on any atom is -0.466 e. The van der Waals surface area contributed by atoms with Crippen LogP contribution in [0.5, 0.6) is 0 Å². The van der Waals surface area contributed by atoms with Gasteiger partial charge in [-0.2, -0.15) is 8.42 Å². The first-order valence-electron chi connectivity index (χ1n) is 8.67. The molecule has 2 unspecified atom stereocenters. The van der Waals surface area contributed by atoms with Gasteiger partial charge < -0.3 is 14.6 Å². The summed E-state index contributed by atoms with van der Waals surface area (Å²) in [4.78, 5) is 22.1. The van der Waals surface area contributed by atoms with Crippen LogP contribution in [0.4, 0.5) is 0 Å². The van der Waals surface area contributed by atoms with Crippen molar-refractivity contribution in [1.82, 2.24) is 0 Å². The van der Waals surface area contributed by atoms with E-state index in [1.165, 1.54) is 0 Å². The minimum absolute atomic E-state index is 0.119. The molecule has 2 atom stereocenters. The quantitative estimate of drug-likeness (QED) is 0.440. The van der Waals surface area contributed by atoms with Gasteiger partial charge in [-0.05, 0) is 31.3 Å². The lowest BCUT2D eigenvalue weighted by Gasteiger charge is -2.23. The van der Waals surface area contributed by atoms with Gasteiger partial charge in [0.25, 0.3) is 0 Å². The molecule has 0 fully saturated rings. The van der Waals surface area contributed by atoms with Crippen molar-refractivity contribution in [1.29, 1.82) is 0 Å². The summed E-state index contributed by atoms with van der Waals surface area (Å²) in [5.41, 5.74) is 0.815. The first kappa shape index (κ1) is 27.7. The fourth-order valence-corrected chi connectivity index (χ4v) is 2.21. The second-order valence-corrected chi connectivity index (χ2v) is 7.25. The predicted molar refractivity (Wildman–Crippen MR) is 99.3 cm³/mol. The third-order valence-corrected chi connectivity index (χ3v) is 3.49. The van der Waals surface area contributed by atoms with E-state index in [4.69, 9.17) is 27.0 Å². The average molecular weight is 413 g/mol. The van der Waals surface area contributed by atoms with Crippen molar-refractivity contribution < 1.29 is 41.7 Å². The Balaban J connectivity index is 0. The molecule has 0 aromatic heterocycles. The molecule has 0 aromatic carbocycles.